The molecule has 0 spiro atoms. The van der Waals surface area contributed by atoms with Crippen molar-refractivity contribution in [1.82, 2.24) is 9.88 Å². The maximum absolute atomic E-state index is 12.6. The van der Waals surface area contributed by atoms with Gasteiger partial charge in [0.15, 0.2) is 5.75 Å². The van der Waals surface area contributed by atoms with Gasteiger partial charge in [0.25, 0.3) is 5.56 Å². The average Bonchev–Trinajstić information content (AvgIpc) is 2.78. The van der Waals surface area contributed by atoms with Gasteiger partial charge in [-0.2, -0.15) is 0 Å². The van der Waals surface area contributed by atoms with Crippen LogP contribution in [-0.4, -0.2) is 43.2 Å². The van der Waals surface area contributed by atoms with Crippen LogP contribution in [0.4, 0.5) is 0 Å². The number of methoxy groups -OCH3 is 1. The first-order valence-electron chi connectivity index (χ1n) is 10.4. The molecular weight excluding hydrogens is 364 g/mol. The van der Waals surface area contributed by atoms with Crippen LogP contribution in [0, 0.1) is 0 Å². The fourth-order valence-electron chi connectivity index (χ4n) is 4.01. The van der Waals surface area contributed by atoms with E-state index in [1.54, 1.807) is 7.11 Å². The molecule has 0 bridgehead atoms. The third-order valence-corrected chi connectivity index (χ3v) is 5.57. The normalized spacial score (nSPS) is 14.8. The molecule has 29 heavy (non-hydrogen) atoms. The number of likely N-dealkylation sites (tertiary alicyclic amines) is 1. The molecule has 1 N–H and O–H groups in total. The highest BCUT2D eigenvalue weighted by Gasteiger charge is 2.15. The van der Waals surface area contributed by atoms with Gasteiger partial charge in [0, 0.05) is 17.5 Å². The molecule has 152 valence electrons. The lowest BCUT2D eigenvalue weighted by atomic mass is 10.1. The van der Waals surface area contributed by atoms with Gasteiger partial charge in [-0.3, -0.25) is 4.79 Å². The fraction of sp³-hybridized carbons (Fsp3) is 0.375. The molecule has 2 aromatic carbocycles. The molecule has 5 heteroatoms. The number of piperidine rings is 1. The van der Waals surface area contributed by atoms with Crippen LogP contribution in [0.3, 0.4) is 0 Å². The Morgan fingerprint density at radius 2 is 1.69 bits per heavy atom. The first-order valence-corrected chi connectivity index (χ1v) is 10.4. The van der Waals surface area contributed by atoms with Crippen molar-refractivity contribution in [2.45, 2.75) is 25.7 Å². The van der Waals surface area contributed by atoms with Crippen LogP contribution in [0.15, 0.2) is 53.3 Å². The van der Waals surface area contributed by atoms with E-state index in [9.17, 15) is 4.79 Å². The zero-order chi connectivity index (χ0) is 20.1. The number of hydrogen-bond donors (Lipinski definition) is 1. The standard InChI is InChI=1S/C24H28N2O3/c1-28-19-12-10-18(11-13-19)22-23(20-8-3-4-9-21(20)24(27)25-22)29-17-7-16-26-14-5-2-6-15-26/h3-4,8-13H,2,5-7,14-17H2,1H3,(H,25,27). The SMILES string of the molecule is COc1ccc(-c2[nH]c(=O)c3ccccc3c2OCCCN2CCCCC2)cc1. The molecule has 0 saturated carbocycles. The average molecular weight is 392 g/mol. The second kappa shape index (κ2) is 9.14. The summed E-state index contributed by atoms with van der Waals surface area (Å²) in [6.45, 7) is 4.06. The highest BCUT2D eigenvalue weighted by molar-refractivity contribution is 5.92. The Hall–Kier alpha value is -2.79. The van der Waals surface area contributed by atoms with Gasteiger partial charge >= 0.3 is 0 Å². The number of hydrogen-bond acceptors (Lipinski definition) is 4. The predicted molar refractivity (Wildman–Crippen MR) is 117 cm³/mol. The highest BCUT2D eigenvalue weighted by Crippen LogP contribution is 2.34. The van der Waals surface area contributed by atoms with Crippen LogP contribution in [0.25, 0.3) is 22.0 Å². The van der Waals surface area contributed by atoms with Gasteiger partial charge in [-0.1, -0.05) is 24.6 Å². The lowest BCUT2D eigenvalue weighted by Gasteiger charge is -2.26. The molecule has 0 atom stereocenters. The lowest BCUT2D eigenvalue weighted by molar-refractivity contribution is 0.205. The first-order chi connectivity index (χ1) is 14.3. The first kappa shape index (κ1) is 19.5. The molecule has 2 heterocycles. The molecular formula is C24H28N2O3. The monoisotopic (exact) mass is 392 g/mol. The highest BCUT2D eigenvalue weighted by atomic mass is 16.5. The minimum absolute atomic E-state index is 0.105. The molecule has 4 rings (SSSR count). The van der Waals surface area contributed by atoms with Gasteiger partial charge in [-0.25, -0.2) is 0 Å². The van der Waals surface area contributed by atoms with E-state index in [4.69, 9.17) is 9.47 Å². The number of aromatic nitrogens is 1. The summed E-state index contributed by atoms with van der Waals surface area (Å²) in [7, 11) is 1.64. The maximum atomic E-state index is 12.6. The molecule has 0 radical (unpaired) electrons. The number of rotatable bonds is 7. The zero-order valence-corrected chi connectivity index (χ0v) is 16.9. The Labute approximate surface area is 171 Å². The van der Waals surface area contributed by atoms with E-state index in [0.29, 0.717) is 17.7 Å². The van der Waals surface area contributed by atoms with Crippen molar-refractivity contribution in [2.24, 2.45) is 0 Å². The van der Waals surface area contributed by atoms with Gasteiger partial charge in [0.05, 0.1) is 24.8 Å². The fourth-order valence-corrected chi connectivity index (χ4v) is 4.01. The molecule has 0 aliphatic carbocycles. The van der Waals surface area contributed by atoms with E-state index < -0.39 is 0 Å². The number of fused-ring (bicyclic) bond motifs is 1. The van der Waals surface area contributed by atoms with Gasteiger partial charge < -0.3 is 19.4 Å². The molecule has 1 aromatic heterocycles. The van der Waals surface area contributed by atoms with Crippen LogP contribution in [0.5, 0.6) is 11.5 Å². The smallest absolute Gasteiger partial charge is 0.256 e. The summed E-state index contributed by atoms with van der Waals surface area (Å²) in [4.78, 5) is 18.2. The Kier molecular flexibility index (Phi) is 6.15. The summed E-state index contributed by atoms with van der Waals surface area (Å²) in [6.07, 6.45) is 4.91. The number of H-pyrrole nitrogens is 1. The third-order valence-electron chi connectivity index (χ3n) is 5.57. The summed E-state index contributed by atoms with van der Waals surface area (Å²) in [5, 5.41) is 1.50. The minimum Gasteiger partial charge on any atom is -0.497 e. The molecule has 1 aliphatic heterocycles. The number of benzene rings is 2. The van der Waals surface area contributed by atoms with Crippen molar-refractivity contribution in [2.75, 3.05) is 33.4 Å². The summed E-state index contributed by atoms with van der Waals surface area (Å²) >= 11 is 0. The van der Waals surface area contributed by atoms with Crippen molar-refractivity contribution in [3.8, 4) is 22.8 Å². The van der Waals surface area contributed by atoms with Gasteiger partial charge in [-0.05, 0) is 62.7 Å². The predicted octanol–water partition coefficient (Wildman–Crippen LogP) is 4.46. The minimum atomic E-state index is -0.105. The van der Waals surface area contributed by atoms with E-state index in [0.717, 1.165) is 35.4 Å². The van der Waals surface area contributed by atoms with Crippen LogP contribution >= 0.6 is 0 Å². The van der Waals surface area contributed by atoms with Gasteiger partial charge in [0.2, 0.25) is 0 Å². The van der Waals surface area contributed by atoms with Gasteiger partial charge in [0.1, 0.15) is 5.75 Å². The van der Waals surface area contributed by atoms with E-state index in [2.05, 4.69) is 9.88 Å². The second-order valence-corrected chi connectivity index (χ2v) is 7.54. The molecule has 1 saturated heterocycles. The molecule has 0 amide bonds. The number of nitrogens with zero attached hydrogens (tertiary/aromatic N) is 1. The summed E-state index contributed by atoms with van der Waals surface area (Å²) in [6, 6.07) is 15.3. The Morgan fingerprint density at radius 1 is 0.966 bits per heavy atom. The molecule has 3 aromatic rings. The van der Waals surface area contributed by atoms with E-state index in [1.807, 2.05) is 48.5 Å². The third kappa shape index (κ3) is 4.46. The quantitative estimate of drug-likeness (QED) is 0.603. The van der Waals surface area contributed by atoms with Crippen LogP contribution in [-0.2, 0) is 0 Å². The van der Waals surface area contributed by atoms with Crippen molar-refractivity contribution >= 4 is 10.8 Å². The largest absolute Gasteiger partial charge is 0.497 e. The molecule has 0 unspecified atom stereocenters. The van der Waals surface area contributed by atoms with Crippen molar-refractivity contribution in [1.29, 1.82) is 0 Å². The van der Waals surface area contributed by atoms with Crippen LogP contribution in [0.2, 0.25) is 0 Å². The molecule has 5 nitrogen and oxygen atoms in total. The van der Waals surface area contributed by atoms with Crippen LogP contribution in [0.1, 0.15) is 25.7 Å². The van der Waals surface area contributed by atoms with E-state index >= 15 is 0 Å². The zero-order valence-electron chi connectivity index (χ0n) is 16.9. The lowest BCUT2D eigenvalue weighted by Crippen LogP contribution is -2.31. The number of nitrogens with one attached hydrogen (secondary N) is 1. The van der Waals surface area contributed by atoms with Crippen molar-refractivity contribution < 1.29 is 9.47 Å². The number of pyridine rings is 1. The van der Waals surface area contributed by atoms with E-state index in [-0.39, 0.29) is 5.56 Å². The number of aromatic amines is 1. The van der Waals surface area contributed by atoms with Crippen molar-refractivity contribution in [3.05, 3.63) is 58.9 Å². The number of ether oxygens (including phenoxy) is 2. The summed E-state index contributed by atoms with van der Waals surface area (Å²) in [5.41, 5.74) is 1.51. The molecule has 1 fully saturated rings. The van der Waals surface area contributed by atoms with Gasteiger partial charge in [-0.15, -0.1) is 0 Å². The molecule has 1 aliphatic rings. The maximum Gasteiger partial charge on any atom is 0.256 e. The summed E-state index contributed by atoms with van der Waals surface area (Å²) < 4.78 is 11.5. The van der Waals surface area contributed by atoms with E-state index in [1.165, 1.54) is 32.4 Å². The van der Waals surface area contributed by atoms with Crippen molar-refractivity contribution in [3.63, 3.8) is 0 Å². The topological polar surface area (TPSA) is 54.6 Å². The Balaban J connectivity index is 1.60. The second-order valence-electron chi connectivity index (χ2n) is 7.54. The Bertz CT molecular complexity index is 1000. The van der Waals surface area contributed by atoms with Crippen LogP contribution < -0.4 is 15.0 Å². The Morgan fingerprint density at radius 3 is 2.41 bits per heavy atom. The summed E-state index contributed by atoms with van der Waals surface area (Å²) in [5.74, 6) is 1.52.